The van der Waals surface area contributed by atoms with Crippen LogP contribution in [0.25, 0.3) is 0 Å². The molecule has 0 atom stereocenters. The number of rotatable bonds is 4. The van der Waals surface area contributed by atoms with Crippen molar-refractivity contribution in [2.24, 2.45) is 0 Å². The summed E-state index contributed by atoms with van der Waals surface area (Å²) in [6.07, 6.45) is 4.12. The first kappa shape index (κ1) is 11.7. The molecule has 3 rings (SSSR count). The van der Waals surface area contributed by atoms with Gasteiger partial charge in [0.15, 0.2) is 0 Å². The summed E-state index contributed by atoms with van der Waals surface area (Å²) in [5.74, 6) is 1.17. The van der Waals surface area contributed by atoms with Gasteiger partial charge >= 0.3 is 0 Å². The highest BCUT2D eigenvalue weighted by molar-refractivity contribution is 5.76. The second-order valence-electron chi connectivity index (χ2n) is 5.13. The SMILES string of the molecule is CCc1nc2c(n1CC(=O)NC1CC1)CCNC2. The monoisotopic (exact) mass is 248 g/mol. The van der Waals surface area contributed by atoms with Crippen molar-refractivity contribution in [1.82, 2.24) is 20.2 Å². The van der Waals surface area contributed by atoms with Gasteiger partial charge in [0, 0.05) is 37.7 Å². The second-order valence-corrected chi connectivity index (χ2v) is 5.13. The molecule has 0 radical (unpaired) electrons. The highest BCUT2D eigenvalue weighted by Crippen LogP contribution is 2.20. The van der Waals surface area contributed by atoms with Crippen LogP contribution in [0.15, 0.2) is 0 Å². The van der Waals surface area contributed by atoms with E-state index in [9.17, 15) is 4.79 Å². The summed E-state index contributed by atoms with van der Waals surface area (Å²) in [6, 6.07) is 0.434. The van der Waals surface area contributed by atoms with Crippen molar-refractivity contribution < 1.29 is 4.79 Å². The number of aromatic nitrogens is 2. The first-order valence-corrected chi connectivity index (χ1v) is 6.85. The number of carbonyl (C=O) groups excluding carboxylic acids is 1. The summed E-state index contributed by atoms with van der Waals surface area (Å²) < 4.78 is 2.12. The lowest BCUT2D eigenvalue weighted by Crippen LogP contribution is -2.31. The summed E-state index contributed by atoms with van der Waals surface area (Å²) in [5, 5.41) is 6.37. The van der Waals surface area contributed by atoms with Crippen LogP contribution < -0.4 is 10.6 Å². The number of amides is 1. The predicted octanol–water partition coefficient (Wildman–Crippen LogP) is 0.370. The number of fused-ring (bicyclic) bond motifs is 1. The van der Waals surface area contributed by atoms with Crippen molar-refractivity contribution >= 4 is 5.91 Å². The van der Waals surface area contributed by atoms with E-state index in [1.807, 2.05) is 0 Å². The maximum atomic E-state index is 11.9. The van der Waals surface area contributed by atoms with Crippen molar-refractivity contribution in [3.05, 3.63) is 17.2 Å². The Bertz CT molecular complexity index is 462. The molecule has 0 unspecified atom stereocenters. The molecule has 2 aliphatic rings. The Kier molecular flexibility index (Phi) is 3.07. The maximum Gasteiger partial charge on any atom is 0.240 e. The molecule has 1 amide bonds. The Hall–Kier alpha value is -1.36. The van der Waals surface area contributed by atoms with Crippen molar-refractivity contribution in [3.63, 3.8) is 0 Å². The third-order valence-corrected chi connectivity index (χ3v) is 3.63. The van der Waals surface area contributed by atoms with Gasteiger partial charge in [0.2, 0.25) is 5.91 Å². The van der Waals surface area contributed by atoms with E-state index in [1.54, 1.807) is 0 Å². The highest BCUT2D eigenvalue weighted by atomic mass is 16.2. The molecule has 5 nitrogen and oxygen atoms in total. The molecule has 1 aromatic heterocycles. The predicted molar refractivity (Wildman–Crippen MR) is 68.2 cm³/mol. The van der Waals surface area contributed by atoms with Crippen molar-refractivity contribution in [2.75, 3.05) is 6.54 Å². The van der Waals surface area contributed by atoms with Gasteiger partial charge in [-0.3, -0.25) is 4.79 Å². The molecule has 0 spiro atoms. The van der Waals surface area contributed by atoms with Gasteiger partial charge in [-0.05, 0) is 12.8 Å². The van der Waals surface area contributed by atoms with Crippen LogP contribution in [0.1, 0.15) is 37.0 Å². The number of hydrogen-bond donors (Lipinski definition) is 2. The fourth-order valence-electron chi connectivity index (χ4n) is 2.53. The molecule has 2 heterocycles. The van der Waals surface area contributed by atoms with E-state index in [1.165, 1.54) is 5.69 Å². The van der Waals surface area contributed by atoms with Gasteiger partial charge < -0.3 is 15.2 Å². The molecule has 1 aliphatic heterocycles. The minimum absolute atomic E-state index is 0.130. The van der Waals surface area contributed by atoms with Crippen LogP contribution in [-0.2, 0) is 30.7 Å². The maximum absolute atomic E-state index is 11.9. The van der Waals surface area contributed by atoms with Gasteiger partial charge in [0.1, 0.15) is 12.4 Å². The van der Waals surface area contributed by atoms with Crippen LogP contribution >= 0.6 is 0 Å². The van der Waals surface area contributed by atoms with E-state index in [4.69, 9.17) is 0 Å². The minimum atomic E-state index is 0.130. The number of carbonyl (C=O) groups is 1. The Labute approximate surface area is 107 Å². The Morgan fingerprint density at radius 3 is 3.11 bits per heavy atom. The summed E-state index contributed by atoms with van der Waals surface area (Å²) in [5.41, 5.74) is 2.37. The smallest absolute Gasteiger partial charge is 0.240 e. The van der Waals surface area contributed by atoms with Gasteiger partial charge in [0.05, 0.1) is 5.69 Å². The normalized spacial score (nSPS) is 18.5. The fraction of sp³-hybridized carbons (Fsp3) is 0.692. The van der Waals surface area contributed by atoms with E-state index >= 15 is 0 Å². The molecule has 1 saturated carbocycles. The fourth-order valence-corrected chi connectivity index (χ4v) is 2.53. The van der Waals surface area contributed by atoms with Crippen LogP contribution in [0.5, 0.6) is 0 Å². The first-order chi connectivity index (χ1) is 8.78. The lowest BCUT2D eigenvalue weighted by Gasteiger charge is -2.15. The zero-order valence-corrected chi connectivity index (χ0v) is 10.8. The minimum Gasteiger partial charge on any atom is -0.352 e. The van der Waals surface area contributed by atoms with Crippen LogP contribution in [-0.4, -0.2) is 28.0 Å². The van der Waals surface area contributed by atoms with Crippen molar-refractivity contribution in [3.8, 4) is 0 Å². The van der Waals surface area contributed by atoms with Crippen LogP contribution in [0.4, 0.5) is 0 Å². The third kappa shape index (κ3) is 2.27. The molecule has 0 bridgehead atoms. The Balaban J connectivity index is 1.79. The zero-order valence-electron chi connectivity index (χ0n) is 10.8. The first-order valence-electron chi connectivity index (χ1n) is 6.85. The molecule has 5 heteroatoms. The van der Waals surface area contributed by atoms with E-state index in [0.717, 1.165) is 50.3 Å². The lowest BCUT2D eigenvalue weighted by molar-refractivity contribution is -0.121. The van der Waals surface area contributed by atoms with Gasteiger partial charge in [0.25, 0.3) is 0 Å². The summed E-state index contributed by atoms with van der Waals surface area (Å²) in [7, 11) is 0. The third-order valence-electron chi connectivity index (χ3n) is 3.63. The molecule has 1 aliphatic carbocycles. The van der Waals surface area contributed by atoms with Gasteiger partial charge in [-0.2, -0.15) is 0 Å². The van der Waals surface area contributed by atoms with Crippen LogP contribution in [0, 0.1) is 0 Å². The van der Waals surface area contributed by atoms with Crippen molar-refractivity contribution in [2.45, 2.75) is 51.7 Å². The molecule has 1 fully saturated rings. The zero-order chi connectivity index (χ0) is 12.5. The second kappa shape index (κ2) is 4.72. The molecular formula is C13H20N4O. The average molecular weight is 248 g/mol. The molecular weight excluding hydrogens is 228 g/mol. The van der Waals surface area contributed by atoms with Crippen LogP contribution in [0.2, 0.25) is 0 Å². The van der Waals surface area contributed by atoms with E-state index in [-0.39, 0.29) is 5.91 Å². The quantitative estimate of drug-likeness (QED) is 0.809. The summed E-state index contributed by atoms with van der Waals surface area (Å²) in [6.45, 7) is 4.34. The highest BCUT2D eigenvalue weighted by Gasteiger charge is 2.25. The van der Waals surface area contributed by atoms with E-state index in [0.29, 0.717) is 12.6 Å². The summed E-state index contributed by atoms with van der Waals surface area (Å²) in [4.78, 5) is 16.6. The van der Waals surface area contributed by atoms with Gasteiger partial charge in [-0.15, -0.1) is 0 Å². The number of aryl methyl sites for hydroxylation is 1. The molecule has 1 aromatic rings. The number of nitrogens with zero attached hydrogens (tertiary/aromatic N) is 2. The number of nitrogens with one attached hydrogen (secondary N) is 2. The molecule has 2 N–H and O–H groups in total. The average Bonchev–Trinajstić information content (AvgIpc) is 3.11. The van der Waals surface area contributed by atoms with Gasteiger partial charge in [-0.1, -0.05) is 6.92 Å². The lowest BCUT2D eigenvalue weighted by atomic mass is 10.2. The largest absolute Gasteiger partial charge is 0.352 e. The van der Waals surface area contributed by atoms with Crippen LogP contribution in [0.3, 0.4) is 0 Å². The van der Waals surface area contributed by atoms with Gasteiger partial charge in [-0.25, -0.2) is 4.98 Å². The molecule has 98 valence electrons. The number of hydrogen-bond acceptors (Lipinski definition) is 3. The van der Waals surface area contributed by atoms with E-state index < -0.39 is 0 Å². The molecule has 0 saturated heterocycles. The Morgan fingerprint density at radius 2 is 2.39 bits per heavy atom. The number of imidazole rings is 1. The molecule has 0 aromatic carbocycles. The topological polar surface area (TPSA) is 59.0 Å². The summed E-state index contributed by atoms with van der Waals surface area (Å²) >= 11 is 0. The molecule has 18 heavy (non-hydrogen) atoms. The van der Waals surface area contributed by atoms with Crippen molar-refractivity contribution in [1.29, 1.82) is 0 Å². The standard InChI is InChI=1S/C13H20N4O/c1-2-12-16-10-7-14-6-5-11(10)17(12)8-13(18)15-9-3-4-9/h9,14H,2-8H2,1H3,(H,15,18). The Morgan fingerprint density at radius 1 is 1.56 bits per heavy atom. The van der Waals surface area contributed by atoms with E-state index in [2.05, 4.69) is 27.1 Å².